The summed E-state index contributed by atoms with van der Waals surface area (Å²) < 4.78 is 74.8. The van der Waals surface area contributed by atoms with Gasteiger partial charge in [0.25, 0.3) is 10.1 Å². The van der Waals surface area contributed by atoms with Crippen molar-refractivity contribution < 1.29 is 125 Å². The maximum atomic E-state index is 16.4. The van der Waals surface area contributed by atoms with Crippen molar-refractivity contribution in [3.63, 3.8) is 0 Å². The number of nitrogens with two attached hydrogens (primary N) is 1. The summed E-state index contributed by atoms with van der Waals surface area (Å²) in [5, 5.41) is 127. The SMILES string of the molecule is CCCCCCCCCCNC1(C)CC(OC2C(Oc3c4cc5cc3Oc3ccc(cc3Cl)[C@@H](O)[C@@H](NC(=O)[C@@H](CC(C)C)NC)C(=O)N[C@@H](CC(N)=O)C(=O)NC5C(=O)NC3C(=O)N[C@H](C(=O)N[C@@H](C(=O)O)c5cc(O)cc(O)c5-c5cc3ccc5O)[C@H](O)c3ccc(c(Cl)c3)O4)OC(COS(=O)(=O)c3c(C)cc(C)cc3C)C(O)C2O)OC(C)C1O. The first kappa shape index (κ1) is 93.7. The van der Waals surface area contributed by atoms with Crippen LogP contribution in [0.15, 0.2) is 95.9 Å². The molecular weight excluding hydrogens is 1670 g/mol. The number of aliphatic carboxylic acids is 1. The Balaban J connectivity index is 1.14. The average Bonchev–Trinajstić information content (AvgIpc) is 0.752. The fourth-order valence-electron chi connectivity index (χ4n) is 16.0. The predicted molar refractivity (Wildman–Crippen MR) is 442 cm³/mol. The van der Waals surface area contributed by atoms with E-state index in [9.17, 15) is 68.8 Å². The number of benzene rings is 6. The number of carbonyl (C=O) groups excluding carboxylic acids is 7. The predicted octanol–water partition coefficient (Wildman–Crippen LogP) is 6.22. The summed E-state index contributed by atoms with van der Waals surface area (Å²) in [6.45, 7) is 13.4. The zero-order valence-corrected chi connectivity index (χ0v) is 71.3. The standard InChI is InChI=1S/C85H105Cl2N9O26S/c1-10-11-12-13-14-15-16-17-24-90-85(8)36-62(117-42(7)76(85)105)121-74-72(104)71(103)60(37-116-123(114,115)75-40(5)26-39(4)27-41(75)6)120-84(74)122-73-58-31-46-32-59(73)119-57-23-20-45(30-51(57)87)70(102)68-82(111)94-66(83(112)113)49-33-47(97)34-55(99)63(49)48-28-43(18-21-54(48)98)64(79(108)96-68)93-80(109)65(46)92-78(107)53(35-61(88)100)91-81(110)67(95-77(106)52(89-9)25-38(2)3)69(101)44-19-22-56(118-58)50(86)29-44/h18-23,26-34,38,42,52-53,60,62,64-72,74,76,84,89-90,97-99,101-105H,10-17,24-25,35-37H2,1-9H3,(H2,88,100)(H,91,110)(H,92,107)(H,93,109)(H,94,111)(H,95,106)(H,96,108)(H,112,113)/t42?,52-,53+,60?,62?,64?,65?,66-,67-,68+,69-,70-,71?,72?,74?,76?,84?,85?/m1/s1. The number of phenolic OH excluding ortho intramolecular Hbond substituents is 3. The van der Waals surface area contributed by atoms with Gasteiger partial charge in [-0.25, -0.2) is 4.79 Å². The van der Waals surface area contributed by atoms with E-state index in [1.807, 2.05) is 13.8 Å². The van der Waals surface area contributed by atoms with Crippen LogP contribution in [0.2, 0.25) is 10.0 Å². The number of fused-ring (bicyclic) bond motifs is 15. The molecule has 2 saturated heterocycles. The van der Waals surface area contributed by atoms with Crippen LogP contribution in [0.25, 0.3) is 11.1 Å². The van der Waals surface area contributed by atoms with E-state index in [1.54, 1.807) is 46.8 Å². The number of primary amides is 1. The number of unbranched alkanes of at least 4 members (excludes halogenated alkanes) is 7. The molecule has 0 spiro atoms. The molecule has 7 aliphatic rings. The molecule has 0 aromatic heterocycles. The van der Waals surface area contributed by atoms with E-state index in [0.717, 1.165) is 124 Å². The number of nitrogens with one attached hydrogen (secondary N) is 8. The highest BCUT2D eigenvalue weighted by Gasteiger charge is 2.53. The van der Waals surface area contributed by atoms with Gasteiger partial charge >= 0.3 is 5.97 Å². The van der Waals surface area contributed by atoms with Crippen molar-refractivity contribution in [1.82, 2.24) is 42.5 Å². The van der Waals surface area contributed by atoms with Gasteiger partial charge in [-0.2, -0.15) is 8.42 Å². The van der Waals surface area contributed by atoms with Gasteiger partial charge in [0.2, 0.25) is 53.4 Å². The molecule has 35 nitrogen and oxygen atoms in total. The maximum Gasteiger partial charge on any atom is 0.330 e. The van der Waals surface area contributed by atoms with Gasteiger partial charge in [0, 0.05) is 34.7 Å². The van der Waals surface area contributed by atoms with Gasteiger partial charge in [0.1, 0.15) is 89.5 Å². The lowest BCUT2D eigenvalue weighted by Crippen LogP contribution is -2.65. The molecule has 0 saturated carbocycles. The van der Waals surface area contributed by atoms with E-state index >= 15 is 24.0 Å². The summed E-state index contributed by atoms with van der Waals surface area (Å²) in [6, 6.07) is 2.26. The monoisotopic (exact) mass is 1770 g/mol. The Labute approximate surface area is 719 Å². The first-order valence-electron chi connectivity index (χ1n) is 40.5. The first-order valence-corrected chi connectivity index (χ1v) is 42.6. The number of carbonyl (C=O) groups is 8. The van der Waals surface area contributed by atoms with Gasteiger partial charge in [-0.05, 0) is 155 Å². The summed E-state index contributed by atoms with van der Waals surface area (Å²) in [4.78, 5) is 119. The normalized spacial score (nSPS) is 26.4. The molecule has 7 amide bonds. The summed E-state index contributed by atoms with van der Waals surface area (Å²) in [5.41, 5.74) is 2.98. The quantitative estimate of drug-likeness (QED) is 0.0212. The number of phenols is 3. The molecule has 123 heavy (non-hydrogen) atoms. The number of aromatic hydroxyl groups is 3. The third-order valence-electron chi connectivity index (χ3n) is 22.4. The zero-order chi connectivity index (χ0) is 89.5. The molecule has 18 atom stereocenters. The number of carboxylic acid groups (broad SMARTS) is 1. The number of aliphatic hydroxyl groups is 5. The maximum absolute atomic E-state index is 16.4. The number of halogens is 2. The lowest BCUT2D eigenvalue weighted by Gasteiger charge is -2.48. The Morgan fingerprint density at radius 2 is 1.27 bits per heavy atom. The Morgan fingerprint density at radius 1 is 0.675 bits per heavy atom. The van der Waals surface area contributed by atoms with Gasteiger partial charge in [-0.3, -0.25) is 37.7 Å². The highest BCUT2D eigenvalue weighted by atomic mass is 35.5. The van der Waals surface area contributed by atoms with Crippen LogP contribution in [-0.4, -0.2) is 201 Å². The molecule has 6 aromatic carbocycles. The fourth-order valence-corrected chi connectivity index (χ4v) is 17.8. The fraction of sp³-hybridized carbons (Fsp3) is 0.482. The van der Waals surface area contributed by atoms with Crippen LogP contribution in [0.1, 0.15) is 180 Å². The van der Waals surface area contributed by atoms with E-state index in [4.69, 9.17) is 61.5 Å². The van der Waals surface area contributed by atoms with Crippen molar-refractivity contribution in [2.75, 3.05) is 20.2 Å². The minimum absolute atomic E-state index is 0.122. The number of amides is 7. The van der Waals surface area contributed by atoms with Crippen molar-refractivity contribution in [2.24, 2.45) is 11.7 Å². The van der Waals surface area contributed by atoms with Gasteiger partial charge in [-0.15, -0.1) is 0 Å². The molecule has 666 valence electrons. The number of hydrogen-bond donors (Lipinski definition) is 18. The van der Waals surface area contributed by atoms with E-state index < -0.39 is 252 Å². The largest absolute Gasteiger partial charge is 0.508 e. The summed E-state index contributed by atoms with van der Waals surface area (Å²) in [6.07, 6.45) is -11.4. The summed E-state index contributed by atoms with van der Waals surface area (Å²) in [5.74, 6) is -16.4. The molecule has 0 aliphatic carbocycles. The molecule has 6 aromatic rings. The minimum atomic E-state index is -4.76. The van der Waals surface area contributed by atoms with Crippen LogP contribution in [0.5, 0.6) is 46.0 Å². The van der Waals surface area contributed by atoms with Crippen molar-refractivity contribution in [1.29, 1.82) is 0 Å². The Morgan fingerprint density at radius 3 is 1.87 bits per heavy atom. The minimum Gasteiger partial charge on any atom is -0.508 e. The zero-order valence-electron chi connectivity index (χ0n) is 69.0. The molecule has 13 rings (SSSR count). The number of ether oxygens (including phenoxy) is 6. The number of carboxylic acids is 1. The van der Waals surface area contributed by atoms with Crippen molar-refractivity contribution >= 4 is 80.6 Å². The molecule has 7 aliphatic heterocycles. The van der Waals surface area contributed by atoms with E-state index in [-0.39, 0.29) is 46.1 Å². The van der Waals surface area contributed by atoms with E-state index in [1.165, 1.54) is 19.2 Å². The summed E-state index contributed by atoms with van der Waals surface area (Å²) in [7, 11) is -3.29. The molecule has 0 radical (unpaired) electrons. The van der Waals surface area contributed by atoms with Crippen molar-refractivity contribution in [2.45, 2.75) is 240 Å². The van der Waals surface area contributed by atoms with Crippen LogP contribution in [0.3, 0.4) is 0 Å². The van der Waals surface area contributed by atoms with Crippen molar-refractivity contribution in [3.05, 3.63) is 146 Å². The average molecular weight is 1770 g/mol. The lowest BCUT2D eigenvalue weighted by atomic mass is 9.84. The third-order valence-corrected chi connectivity index (χ3v) is 24.5. The smallest absolute Gasteiger partial charge is 0.330 e. The number of hydrogen-bond acceptors (Lipinski definition) is 27. The highest BCUT2D eigenvalue weighted by molar-refractivity contribution is 7.86. The van der Waals surface area contributed by atoms with Gasteiger partial charge in [0.15, 0.2) is 29.9 Å². The molecule has 38 heteroatoms. The van der Waals surface area contributed by atoms with Gasteiger partial charge in [-0.1, -0.05) is 125 Å². The van der Waals surface area contributed by atoms with Gasteiger partial charge in [0.05, 0.1) is 46.2 Å². The highest BCUT2D eigenvalue weighted by Crippen LogP contribution is 2.50. The lowest BCUT2D eigenvalue weighted by molar-refractivity contribution is -0.334. The number of aryl methyl sites for hydroxylation is 3. The van der Waals surface area contributed by atoms with Crippen LogP contribution >= 0.6 is 23.2 Å². The third kappa shape index (κ3) is 21.7. The van der Waals surface area contributed by atoms with Crippen molar-refractivity contribution in [3.8, 4) is 57.1 Å². The molecule has 19 N–H and O–H groups in total. The second-order valence-corrected chi connectivity index (χ2v) is 34.7. The van der Waals surface area contributed by atoms with Crippen LogP contribution < -0.4 is 62.5 Å². The topological polar surface area (TPSA) is 540 Å². The first-order chi connectivity index (χ1) is 58.2. The van der Waals surface area contributed by atoms with Crippen LogP contribution in [0.4, 0.5) is 0 Å². The Hall–Kier alpha value is -10.0. The molecule has 11 unspecified atom stereocenters. The number of likely N-dealkylation sites (N-methyl/N-ethyl adjacent to an activating group) is 1. The molecule has 7 heterocycles. The van der Waals surface area contributed by atoms with Crippen LogP contribution in [0, 0.1) is 26.7 Å². The second kappa shape index (κ2) is 39.9. The Bertz CT molecular complexity index is 5060. The second-order valence-electron chi connectivity index (χ2n) is 32.3. The number of aliphatic hydroxyl groups excluding tert-OH is 5. The molecule has 11 bridgehead atoms. The van der Waals surface area contributed by atoms with E-state index in [0.29, 0.717) is 17.7 Å². The molecular formula is C85H105Cl2N9O26S. The molecule has 2 fully saturated rings. The van der Waals surface area contributed by atoms with Crippen LogP contribution in [-0.2, 0) is 66.9 Å². The Kier molecular flexibility index (Phi) is 30.4. The number of rotatable bonds is 26. The van der Waals surface area contributed by atoms with E-state index in [2.05, 4.69) is 49.5 Å². The summed E-state index contributed by atoms with van der Waals surface area (Å²) >= 11 is 14.4. The van der Waals surface area contributed by atoms with Gasteiger partial charge < -0.3 is 123 Å².